The van der Waals surface area contributed by atoms with E-state index in [1.54, 1.807) is 19.3 Å². The number of nitrogens with zero attached hydrogens (tertiary/aromatic N) is 1. The summed E-state index contributed by atoms with van der Waals surface area (Å²) in [5.41, 5.74) is 0.864. The van der Waals surface area contributed by atoms with Crippen molar-refractivity contribution in [2.75, 3.05) is 18.6 Å². The SMILES string of the molecule is COc1cccc(-c2ccc(/C=C3/SC(=S)N(C4CCS(=O)(=O)C4)C3=O)o2)c1. The minimum absolute atomic E-state index is 0.0343. The maximum absolute atomic E-state index is 12.8. The van der Waals surface area contributed by atoms with Crippen LogP contribution in [0, 0.1) is 0 Å². The van der Waals surface area contributed by atoms with Gasteiger partial charge >= 0.3 is 0 Å². The van der Waals surface area contributed by atoms with Crippen molar-refractivity contribution >= 4 is 50.1 Å². The first-order valence-electron chi connectivity index (χ1n) is 8.58. The fraction of sp³-hybridized carbons (Fsp3) is 0.263. The zero-order chi connectivity index (χ0) is 19.9. The van der Waals surface area contributed by atoms with E-state index in [0.29, 0.717) is 27.2 Å². The Kier molecular flexibility index (Phi) is 5.07. The van der Waals surface area contributed by atoms with E-state index in [0.717, 1.165) is 11.3 Å². The minimum Gasteiger partial charge on any atom is -0.497 e. The molecule has 2 aliphatic heterocycles. The molecule has 0 bridgehead atoms. The number of ether oxygens (including phenoxy) is 1. The molecule has 9 heteroatoms. The third-order valence-corrected chi connectivity index (χ3v) is 7.73. The van der Waals surface area contributed by atoms with E-state index in [2.05, 4.69) is 0 Å². The van der Waals surface area contributed by atoms with Crippen LogP contribution in [0.25, 0.3) is 17.4 Å². The molecule has 6 nitrogen and oxygen atoms in total. The summed E-state index contributed by atoms with van der Waals surface area (Å²) in [5.74, 6) is 1.70. The Morgan fingerprint density at radius 2 is 2.14 bits per heavy atom. The second-order valence-corrected chi connectivity index (χ2v) is 10.4. The van der Waals surface area contributed by atoms with Crippen molar-refractivity contribution in [1.82, 2.24) is 4.90 Å². The quantitative estimate of drug-likeness (QED) is 0.538. The van der Waals surface area contributed by atoms with E-state index in [1.807, 2.05) is 30.3 Å². The van der Waals surface area contributed by atoms with Crippen LogP contribution in [-0.2, 0) is 14.6 Å². The maximum Gasteiger partial charge on any atom is 0.266 e. The second kappa shape index (κ2) is 7.38. The molecule has 0 N–H and O–H groups in total. The van der Waals surface area contributed by atoms with Crippen molar-refractivity contribution in [2.45, 2.75) is 12.5 Å². The van der Waals surface area contributed by atoms with Gasteiger partial charge < -0.3 is 9.15 Å². The number of methoxy groups -OCH3 is 1. The van der Waals surface area contributed by atoms with Crippen molar-refractivity contribution in [3.8, 4) is 17.1 Å². The smallest absolute Gasteiger partial charge is 0.266 e. The van der Waals surface area contributed by atoms with Crippen LogP contribution >= 0.6 is 24.0 Å². The molecule has 1 unspecified atom stereocenters. The van der Waals surface area contributed by atoms with Crippen LogP contribution < -0.4 is 4.74 Å². The van der Waals surface area contributed by atoms with Crippen LogP contribution in [0.15, 0.2) is 45.7 Å². The van der Waals surface area contributed by atoms with Gasteiger partial charge in [-0.3, -0.25) is 9.69 Å². The lowest BCUT2D eigenvalue weighted by Crippen LogP contribution is -2.39. The van der Waals surface area contributed by atoms with E-state index in [9.17, 15) is 13.2 Å². The van der Waals surface area contributed by atoms with E-state index < -0.39 is 9.84 Å². The van der Waals surface area contributed by atoms with Crippen LogP contribution in [0.3, 0.4) is 0 Å². The Morgan fingerprint density at radius 1 is 1.32 bits per heavy atom. The third-order valence-electron chi connectivity index (χ3n) is 4.65. The molecule has 2 aromatic rings. The second-order valence-electron chi connectivity index (χ2n) is 6.54. The number of carbonyl (C=O) groups excluding carboxylic acids is 1. The van der Waals surface area contributed by atoms with Gasteiger partial charge in [-0.2, -0.15) is 0 Å². The zero-order valence-electron chi connectivity index (χ0n) is 15.0. The lowest BCUT2D eigenvalue weighted by molar-refractivity contribution is -0.123. The fourth-order valence-corrected chi connectivity index (χ4v) is 6.35. The van der Waals surface area contributed by atoms with E-state index in [-0.39, 0.29) is 23.5 Å². The third kappa shape index (κ3) is 3.74. The van der Waals surface area contributed by atoms with Gasteiger partial charge in [0, 0.05) is 11.6 Å². The molecular formula is C19H17NO5S3. The molecule has 0 spiro atoms. The molecule has 4 rings (SSSR count). The Balaban J connectivity index is 1.56. The highest BCUT2D eigenvalue weighted by Gasteiger charge is 2.42. The molecule has 0 aliphatic carbocycles. The lowest BCUT2D eigenvalue weighted by Gasteiger charge is -2.20. The lowest BCUT2D eigenvalue weighted by atomic mass is 10.2. The van der Waals surface area contributed by atoms with Crippen LogP contribution in [-0.4, -0.2) is 48.2 Å². The molecular weight excluding hydrogens is 418 g/mol. The fourth-order valence-electron chi connectivity index (χ4n) is 3.26. The van der Waals surface area contributed by atoms with Gasteiger partial charge in [-0.15, -0.1) is 0 Å². The van der Waals surface area contributed by atoms with Crippen LogP contribution in [0.2, 0.25) is 0 Å². The summed E-state index contributed by atoms with van der Waals surface area (Å²) in [6.45, 7) is 0. The molecule has 1 amide bonds. The number of hydrogen-bond donors (Lipinski definition) is 0. The Morgan fingerprint density at radius 3 is 2.86 bits per heavy atom. The number of benzene rings is 1. The minimum atomic E-state index is -3.10. The first-order chi connectivity index (χ1) is 13.4. The van der Waals surface area contributed by atoms with Crippen molar-refractivity contribution in [1.29, 1.82) is 0 Å². The predicted molar refractivity (Wildman–Crippen MR) is 113 cm³/mol. The van der Waals surface area contributed by atoms with Gasteiger partial charge in [-0.05, 0) is 30.7 Å². The van der Waals surface area contributed by atoms with Crippen molar-refractivity contribution in [3.63, 3.8) is 0 Å². The molecule has 2 aliphatic rings. The number of thioether (sulfide) groups is 1. The largest absolute Gasteiger partial charge is 0.497 e. The van der Waals surface area contributed by atoms with Gasteiger partial charge in [0.05, 0.1) is 29.6 Å². The summed E-state index contributed by atoms with van der Waals surface area (Å²) in [5, 5.41) is 0. The van der Waals surface area contributed by atoms with Gasteiger partial charge in [-0.25, -0.2) is 8.42 Å². The van der Waals surface area contributed by atoms with Crippen LogP contribution in [0.1, 0.15) is 12.2 Å². The zero-order valence-corrected chi connectivity index (χ0v) is 17.4. The highest BCUT2D eigenvalue weighted by atomic mass is 32.2. The molecule has 3 heterocycles. The maximum atomic E-state index is 12.8. The molecule has 1 aromatic carbocycles. The van der Waals surface area contributed by atoms with Crippen LogP contribution in [0.5, 0.6) is 5.75 Å². The number of amides is 1. The Hall–Kier alpha value is -2.10. The first-order valence-corrected chi connectivity index (χ1v) is 11.6. The topological polar surface area (TPSA) is 76.8 Å². The number of furan rings is 1. The summed E-state index contributed by atoms with van der Waals surface area (Å²) < 4.78 is 34.9. The van der Waals surface area contributed by atoms with Gasteiger partial charge in [-0.1, -0.05) is 36.1 Å². The average Bonchev–Trinajstić information content (AvgIpc) is 3.34. The molecule has 146 valence electrons. The van der Waals surface area contributed by atoms with Gasteiger partial charge in [0.15, 0.2) is 9.84 Å². The summed E-state index contributed by atoms with van der Waals surface area (Å²) in [4.78, 5) is 14.6. The van der Waals surface area contributed by atoms with E-state index in [4.69, 9.17) is 21.4 Å². The van der Waals surface area contributed by atoms with Gasteiger partial charge in [0.1, 0.15) is 21.6 Å². The molecule has 0 saturated carbocycles. The summed E-state index contributed by atoms with van der Waals surface area (Å²) in [7, 11) is -1.50. The van der Waals surface area contributed by atoms with Crippen molar-refractivity contribution in [2.24, 2.45) is 0 Å². The summed E-state index contributed by atoms with van der Waals surface area (Å²) >= 11 is 6.49. The summed E-state index contributed by atoms with van der Waals surface area (Å²) in [6.07, 6.45) is 2.06. The van der Waals surface area contributed by atoms with Gasteiger partial charge in [0.2, 0.25) is 0 Å². The normalized spacial score (nSPS) is 23.0. The number of thiocarbonyl (C=S) groups is 1. The number of rotatable bonds is 4. The first kappa shape index (κ1) is 19.2. The van der Waals surface area contributed by atoms with Gasteiger partial charge in [0.25, 0.3) is 5.91 Å². The van der Waals surface area contributed by atoms with E-state index in [1.165, 1.54) is 16.7 Å². The molecule has 2 fully saturated rings. The molecule has 28 heavy (non-hydrogen) atoms. The average molecular weight is 436 g/mol. The number of carbonyl (C=O) groups is 1. The molecule has 2 saturated heterocycles. The molecule has 1 aromatic heterocycles. The highest BCUT2D eigenvalue weighted by molar-refractivity contribution is 8.26. The number of sulfone groups is 1. The molecule has 0 radical (unpaired) electrons. The Labute approximate surface area is 172 Å². The van der Waals surface area contributed by atoms with E-state index >= 15 is 0 Å². The highest BCUT2D eigenvalue weighted by Crippen LogP contribution is 2.37. The van der Waals surface area contributed by atoms with Crippen LogP contribution in [0.4, 0.5) is 0 Å². The summed E-state index contributed by atoms with van der Waals surface area (Å²) in [6, 6.07) is 10.7. The predicted octanol–water partition coefficient (Wildman–Crippen LogP) is 3.34. The monoisotopic (exact) mass is 435 g/mol. The number of hydrogen-bond acceptors (Lipinski definition) is 7. The van der Waals surface area contributed by atoms with Crippen molar-refractivity contribution < 1.29 is 22.4 Å². The Bertz CT molecular complexity index is 1090. The van der Waals surface area contributed by atoms with Crippen molar-refractivity contribution in [3.05, 3.63) is 47.1 Å². The standard InChI is InChI=1S/C19H17NO5S3/c1-24-14-4-2-3-12(9-14)16-6-5-15(25-16)10-17-18(21)20(19(26)27-17)13-7-8-28(22,23)11-13/h2-6,9-10,13H,7-8,11H2,1H3/b17-10+. The molecule has 1 atom stereocenters.